The standard InChI is InChI=1S/C16H24N2O4S/c1-11-10-15(22-3)12(2)9-14(11)17-16(19)13-5-7-18(8-6-13)23(4,20)21/h9-10,13H,5-8H2,1-4H3,(H,17,19). The number of anilines is 1. The van der Waals surface area contributed by atoms with Crippen LogP contribution >= 0.6 is 0 Å². The molecule has 0 bridgehead atoms. The molecule has 1 amide bonds. The van der Waals surface area contributed by atoms with Gasteiger partial charge in [-0.25, -0.2) is 12.7 Å². The van der Waals surface area contributed by atoms with E-state index in [1.165, 1.54) is 10.6 Å². The molecule has 0 atom stereocenters. The van der Waals surface area contributed by atoms with Crippen molar-refractivity contribution in [2.75, 3.05) is 31.8 Å². The molecule has 1 N–H and O–H groups in total. The van der Waals surface area contributed by atoms with Crippen LogP contribution in [0.25, 0.3) is 0 Å². The number of ether oxygens (including phenoxy) is 1. The third-order valence-electron chi connectivity index (χ3n) is 4.29. The van der Waals surface area contributed by atoms with E-state index in [1.54, 1.807) is 7.11 Å². The molecule has 2 rings (SSSR count). The van der Waals surface area contributed by atoms with Crippen molar-refractivity contribution in [1.82, 2.24) is 4.31 Å². The topological polar surface area (TPSA) is 75.7 Å². The minimum atomic E-state index is -3.17. The van der Waals surface area contributed by atoms with Crippen molar-refractivity contribution in [2.24, 2.45) is 5.92 Å². The maximum Gasteiger partial charge on any atom is 0.227 e. The minimum Gasteiger partial charge on any atom is -0.496 e. The van der Waals surface area contributed by atoms with E-state index >= 15 is 0 Å². The number of carbonyl (C=O) groups is 1. The zero-order valence-corrected chi connectivity index (χ0v) is 14.9. The smallest absolute Gasteiger partial charge is 0.227 e. The molecule has 1 aromatic carbocycles. The summed E-state index contributed by atoms with van der Waals surface area (Å²) in [6, 6.07) is 3.80. The van der Waals surface area contributed by atoms with E-state index in [-0.39, 0.29) is 11.8 Å². The molecule has 1 fully saturated rings. The number of aryl methyl sites for hydroxylation is 2. The summed E-state index contributed by atoms with van der Waals surface area (Å²) in [4.78, 5) is 12.4. The van der Waals surface area contributed by atoms with Crippen molar-refractivity contribution >= 4 is 21.6 Å². The van der Waals surface area contributed by atoms with Crippen LogP contribution in [0.1, 0.15) is 24.0 Å². The van der Waals surface area contributed by atoms with Gasteiger partial charge in [0.1, 0.15) is 5.75 Å². The highest BCUT2D eigenvalue weighted by Crippen LogP contribution is 2.27. The van der Waals surface area contributed by atoms with E-state index in [9.17, 15) is 13.2 Å². The molecule has 128 valence electrons. The summed E-state index contributed by atoms with van der Waals surface area (Å²) in [7, 11) is -1.55. The molecule has 7 heteroatoms. The third kappa shape index (κ3) is 4.23. The number of carbonyl (C=O) groups excluding carboxylic acids is 1. The van der Waals surface area contributed by atoms with Crippen molar-refractivity contribution in [3.63, 3.8) is 0 Å². The quantitative estimate of drug-likeness (QED) is 0.908. The highest BCUT2D eigenvalue weighted by atomic mass is 32.2. The van der Waals surface area contributed by atoms with Crippen LogP contribution in [0, 0.1) is 19.8 Å². The summed E-state index contributed by atoms with van der Waals surface area (Å²) in [5, 5.41) is 2.96. The Hall–Kier alpha value is -1.60. The van der Waals surface area contributed by atoms with Crippen molar-refractivity contribution in [2.45, 2.75) is 26.7 Å². The van der Waals surface area contributed by atoms with E-state index in [2.05, 4.69) is 5.32 Å². The summed E-state index contributed by atoms with van der Waals surface area (Å²) >= 11 is 0. The summed E-state index contributed by atoms with van der Waals surface area (Å²) in [5.41, 5.74) is 2.67. The minimum absolute atomic E-state index is 0.0502. The van der Waals surface area contributed by atoms with Gasteiger partial charge in [0.2, 0.25) is 15.9 Å². The molecule has 1 aromatic rings. The van der Waals surface area contributed by atoms with Gasteiger partial charge in [-0.15, -0.1) is 0 Å². The number of hydrogen-bond acceptors (Lipinski definition) is 4. The Bertz CT molecular complexity index is 692. The SMILES string of the molecule is COc1cc(C)c(NC(=O)C2CCN(S(C)(=O)=O)CC2)cc1C. The summed E-state index contributed by atoms with van der Waals surface area (Å²) in [6.45, 7) is 4.65. The number of methoxy groups -OCH3 is 1. The Morgan fingerprint density at radius 3 is 2.35 bits per heavy atom. The Balaban J connectivity index is 2.02. The molecule has 0 aromatic heterocycles. The average Bonchev–Trinajstić information content (AvgIpc) is 2.49. The number of benzene rings is 1. The van der Waals surface area contributed by atoms with Gasteiger partial charge in [0.25, 0.3) is 0 Å². The molecule has 0 spiro atoms. The predicted octanol–water partition coefficient (Wildman–Crippen LogP) is 1.92. The molecule has 1 aliphatic rings. The first-order valence-corrected chi connectivity index (χ1v) is 9.48. The van der Waals surface area contributed by atoms with Crippen LogP contribution in [0.3, 0.4) is 0 Å². The molecular formula is C16H24N2O4S. The number of nitrogens with zero attached hydrogens (tertiary/aromatic N) is 1. The Morgan fingerprint density at radius 1 is 1.22 bits per heavy atom. The molecular weight excluding hydrogens is 316 g/mol. The van der Waals surface area contributed by atoms with Crippen molar-refractivity contribution < 1.29 is 17.9 Å². The molecule has 23 heavy (non-hydrogen) atoms. The molecule has 0 saturated carbocycles. The van der Waals surface area contributed by atoms with E-state index in [0.29, 0.717) is 25.9 Å². The number of piperidine rings is 1. The van der Waals surface area contributed by atoms with Crippen LogP contribution in [-0.4, -0.2) is 45.1 Å². The monoisotopic (exact) mass is 340 g/mol. The predicted molar refractivity (Wildman–Crippen MR) is 90.2 cm³/mol. The van der Waals surface area contributed by atoms with E-state index in [4.69, 9.17) is 4.74 Å². The normalized spacial score (nSPS) is 17.0. The lowest BCUT2D eigenvalue weighted by molar-refractivity contribution is -0.120. The zero-order valence-electron chi connectivity index (χ0n) is 14.0. The lowest BCUT2D eigenvalue weighted by Crippen LogP contribution is -2.40. The Labute approximate surface area is 137 Å². The fraction of sp³-hybridized carbons (Fsp3) is 0.562. The molecule has 0 aliphatic carbocycles. The van der Waals surface area contributed by atoms with E-state index in [0.717, 1.165) is 22.6 Å². The molecule has 0 unspecified atom stereocenters. The number of hydrogen-bond donors (Lipinski definition) is 1. The van der Waals surface area contributed by atoms with Crippen molar-refractivity contribution in [3.05, 3.63) is 23.3 Å². The summed E-state index contributed by atoms with van der Waals surface area (Å²) < 4.78 is 29.7. The third-order valence-corrected chi connectivity index (χ3v) is 5.60. The number of rotatable bonds is 4. The fourth-order valence-corrected chi connectivity index (χ4v) is 3.70. The second-order valence-corrected chi connectivity index (χ2v) is 8.04. The fourth-order valence-electron chi connectivity index (χ4n) is 2.83. The van der Waals surface area contributed by atoms with Gasteiger partial charge in [0.05, 0.1) is 13.4 Å². The van der Waals surface area contributed by atoms with Gasteiger partial charge in [0, 0.05) is 24.7 Å². The van der Waals surface area contributed by atoms with Gasteiger partial charge < -0.3 is 10.1 Å². The Kier molecular flexibility index (Phi) is 5.31. The largest absolute Gasteiger partial charge is 0.496 e. The van der Waals surface area contributed by atoms with Gasteiger partial charge >= 0.3 is 0 Å². The first-order valence-electron chi connectivity index (χ1n) is 7.63. The van der Waals surface area contributed by atoms with E-state index < -0.39 is 10.0 Å². The van der Waals surface area contributed by atoms with Crippen LogP contribution in [0.15, 0.2) is 12.1 Å². The lowest BCUT2D eigenvalue weighted by Gasteiger charge is -2.29. The van der Waals surface area contributed by atoms with E-state index in [1.807, 2.05) is 26.0 Å². The maximum atomic E-state index is 12.4. The van der Waals surface area contributed by atoms with Crippen LogP contribution in [-0.2, 0) is 14.8 Å². The summed E-state index contributed by atoms with van der Waals surface area (Å²) in [6.07, 6.45) is 2.30. The Morgan fingerprint density at radius 2 is 1.83 bits per heavy atom. The molecule has 1 heterocycles. The lowest BCUT2D eigenvalue weighted by atomic mass is 9.97. The van der Waals surface area contributed by atoms with Gasteiger partial charge in [-0.2, -0.15) is 0 Å². The molecule has 6 nitrogen and oxygen atoms in total. The van der Waals surface area contributed by atoms with Crippen molar-refractivity contribution in [1.29, 1.82) is 0 Å². The maximum absolute atomic E-state index is 12.4. The highest BCUT2D eigenvalue weighted by molar-refractivity contribution is 7.88. The summed E-state index contributed by atoms with van der Waals surface area (Å²) in [5.74, 6) is 0.586. The first kappa shape index (κ1) is 17.7. The molecule has 0 radical (unpaired) electrons. The average molecular weight is 340 g/mol. The van der Waals surface area contributed by atoms with Gasteiger partial charge in [-0.05, 0) is 49.9 Å². The second kappa shape index (κ2) is 6.88. The molecule has 1 saturated heterocycles. The van der Waals surface area contributed by atoms with Gasteiger partial charge in [0.15, 0.2) is 0 Å². The number of sulfonamides is 1. The number of nitrogens with one attached hydrogen (secondary N) is 1. The van der Waals surface area contributed by atoms with Crippen LogP contribution in [0.2, 0.25) is 0 Å². The van der Waals surface area contributed by atoms with Gasteiger partial charge in [-0.1, -0.05) is 0 Å². The van der Waals surface area contributed by atoms with Crippen LogP contribution < -0.4 is 10.1 Å². The van der Waals surface area contributed by atoms with Crippen LogP contribution in [0.4, 0.5) is 5.69 Å². The van der Waals surface area contributed by atoms with Crippen LogP contribution in [0.5, 0.6) is 5.75 Å². The van der Waals surface area contributed by atoms with Gasteiger partial charge in [-0.3, -0.25) is 4.79 Å². The zero-order chi connectivity index (χ0) is 17.2. The number of amides is 1. The molecule has 1 aliphatic heterocycles. The first-order chi connectivity index (χ1) is 10.7. The highest BCUT2D eigenvalue weighted by Gasteiger charge is 2.29. The van der Waals surface area contributed by atoms with Crippen molar-refractivity contribution in [3.8, 4) is 5.75 Å². The second-order valence-electron chi connectivity index (χ2n) is 6.06.